The van der Waals surface area contributed by atoms with Crippen LogP contribution < -0.4 is 0 Å². The van der Waals surface area contributed by atoms with Crippen LogP contribution in [0.5, 0.6) is 0 Å². The van der Waals surface area contributed by atoms with Gasteiger partial charge in [-0.25, -0.2) is 14.8 Å². The first-order valence-electron chi connectivity index (χ1n) is 5.23. The number of H-pyrrole nitrogens is 1. The van der Waals surface area contributed by atoms with Gasteiger partial charge >= 0.3 is 5.97 Å². The first kappa shape index (κ1) is 11.3. The Kier molecular flexibility index (Phi) is 2.67. The second kappa shape index (κ2) is 4.01. The molecule has 0 saturated carbocycles. The highest BCUT2D eigenvalue weighted by molar-refractivity contribution is 5.88. The van der Waals surface area contributed by atoms with Crippen molar-refractivity contribution in [3.05, 3.63) is 34.9 Å². The molecule has 2 heterocycles. The lowest BCUT2D eigenvalue weighted by Crippen LogP contribution is -1.99. The highest BCUT2D eigenvalue weighted by Crippen LogP contribution is 2.20. The molecule has 2 rings (SSSR count). The smallest absolute Gasteiger partial charge is 0.352 e. The maximum atomic E-state index is 10.9. The van der Waals surface area contributed by atoms with Crippen molar-refractivity contribution < 1.29 is 9.90 Å². The second-order valence-electron chi connectivity index (χ2n) is 3.99. The highest BCUT2D eigenvalue weighted by Gasteiger charge is 2.13. The monoisotopic (exact) mass is 231 g/mol. The first-order chi connectivity index (χ1) is 7.97. The number of carboxylic acid groups (broad SMARTS) is 1. The average Bonchev–Trinajstić information content (AvgIpc) is 2.59. The van der Waals surface area contributed by atoms with Gasteiger partial charge in [-0.15, -0.1) is 0 Å². The number of aromatic nitrogens is 3. The van der Waals surface area contributed by atoms with E-state index in [1.165, 1.54) is 0 Å². The largest absolute Gasteiger partial charge is 0.477 e. The summed E-state index contributed by atoms with van der Waals surface area (Å²) in [5.74, 6) is -0.291. The Morgan fingerprint density at radius 2 is 1.94 bits per heavy atom. The molecule has 0 saturated heterocycles. The topological polar surface area (TPSA) is 78.9 Å². The number of hydrogen-bond acceptors (Lipinski definition) is 3. The molecule has 0 aliphatic carbocycles. The van der Waals surface area contributed by atoms with E-state index in [4.69, 9.17) is 5.11 Å². The zero-order valence-electron chi connectivity index (χ0n) is 9.90. The average molecular weight is 231 g/mol. The molecule has 0 fully saturated rings. The number of hydrogen-bond donors (Lipinski definition) is 2. The molecule has 2 N–H and O–H groups in total. The molecule has 88 valence electrons. The van der Waals surface area contributed by atoms with Crippen molar-refractivity contribution in [2.75, 3.05) is 0 Å². The molecule has 0 atom stereocenters. The number of nitrogens with one attached hydrogen (secondary N) is 1. The summed E-state index contributed by atoms with van der Waals surface area (Å²) in [6, 6.07) is 3.61. The van der Waals surface area contributed by atoms with Gasteiger partial charge < -0.3 is 10.1 Å². The number of rotatable bonds is 2. The van der Waals surface area contributed by atoms with Gasteiger partial charge in [-0.1, -0.05) is 0 Å². The van der Waals surface area contributed by atoms with Crippen molar-refractivity contribution in [3.8, 4) is 11.4 Å². The van der Waals surface area contributed by atoms with E-state index in [2.05, 4.69) is 15.0 Å². The number of aromatic carboxylic acids is 1. The predicted octanol–water partition coefficient (Wildman–Crippen LogP) is 2.10. The third-order valence-corrected chi connectivity index (χ3v) is 2.47. The van der Waals surface area contributed by atoms with Crippen LogP contribution in [0.15, 0.2) is 12.1 Å². The highest BCUT2D eigenvalue weighted by atomic mass is 16.4. The molecule has 0 aliphatic rings. The lowest BCUT2D eigenvalue weighted by molar-refractivity contribution is 0.0690. The molecular weight excluding hydrogens is 218 g/mol. The van der Waals surface area contributed by atoms with Gasteiger partial charge in [0.05, 0.1) is 11.4 Å². The minimum Gasteiger partial charge on any atom is -0.477 e. The van der Waals surface area contributed by atoms with Crippen molar-refractivity contribution in [2.24, 2.45) is 0 Å². The Labute approximate surface area is 98.6 Å². The van der Waals surface area contributed by atoms with E-state index in [9.17, 15) is 4.79 Å². The van der Waals surface area contributed by atoms with E-state index in [0.29, 0.717) is 22.8 Å². The SMILES string of the molecule is Cc1cc(-c2cc(C)c(C(=O)O)[nH]2)nc(C)n1. The summed E-state index contributed by atoms with van der Waals surface area (Å²) in [6.07, 6.45) is 0. The van der Waals surface area contributed by atoms with E-state index in [0.717, 1.165) is 5.69 Å². The predicted molar refractivity (Wildman–Crippen MR) is 63.0 cm³/mol. The summed E-state index contributed by atoms with van der Waals surface area (Å²) in [6.45, 7) is 5.45. The molecule has 2 aromatic rings. The van der Waals surface area contributed by atoms with Crippen molar-refractivity contribution in [3.63, 3.8) is 0 Å². The third kappa shape index (κ3) is 2.18. The molecule has 0 aliphatic heterocycles. The van der Waals surface area contributed by atoms with Crippen molar-refractivity contribution >= 4 is 5.97 Å². The number of carbonyl (C=O) groups is 1. The van der Waals surface area contributed by atoms with Crippen LogP contribution in [0.3, 0.4) is 0 Å². The number of carboxylic acids is 1. The fraction of sp³-hybridized carbons (Fsp3) is 0.250. The van der Waals surface area contributed by atoms with Crippen LogP contribution in [0.2, 0.25) is 0 Å². The molecule has 2 aromatic heterocycles. The standard InChI is InChI=1S/C12H13N3O2/c1-6-4-9(15-11(6)12(16)17)10-5-7(2)13-8(3)14-10/h4-5,15H,1-3H3,(H,16,17). The van der Waals surface area contributed by atoms with E-state index in [1.54, 1.807) is 13.0 Å². The van der Waals surface area contributed by atoms with E-state index in [-0.39, 0.29) is 5.69 Å². The maximum Gasteiger partial charge on any atom is 0.352 e. The van der Waals surface area contributed by atoms with Gasteiger partial charge in [-0.3, -0.25) is 0 Å². The Balaban J connectivity index is 2.53. The quantitative estimate of drug-likeness (QED) is 0.829. The summed E-state index contributed by atoms with van der Waals surface area (Å²) in [7, 11) is 0. The van der Waals surface area contributed by atoms with Gasteiger partial charge in [0.1, 0.15) is 11.5 Å². The normalized spacial score (nSPS) is 10.5. The summed E-state index contributed by atoms with van der Waals surface area (Å²) in [5, 5.41) is 8.97. The van der Waals surface area contributed by atoms with Crippen LogP contribution in [0.1, 0.15) is 27.6 Å². The summed E-state index contributed by atoms with van der Waals surface area (Å²) in [5.41, 5.74) is 3.17. The molecule has 0 aromatic carbocycles. The minimum atomic E-state index is -0.962. The van der Waals surface area contributed by atoms with E-state index >= 15 is 0 Å². The number of aromatic amines is 1. The van der Waals surface area contributed by atoms with E-state index in [1.807, 2.05) is 19.9 Å². The van der Waals surface area contributed by atoms with Gasteiger partial charge in [0, 0.05) is 5.69 Å². The Bertz CT molecular complexity index is 567. The van der Waals surface area contributed by atoms with Crippen LogP contribution in [0.4, 0.5) is 0 Å². The second-order valence-corrected chi connectivity index (χ2v) is 3.99. The van der Waals surface area contributed by atoms with Gasteiger partial charge in [-0.05, 0) is 38.5 Å². The molecule has 0 unspecified atom stereocenters. The Morgan fingerprint density at radius 1 is 1.24 bits per heavy atom. The van der Waals surface area contributed by atoms with Gasteiger partial charge in [0.25, 0.3) is 0 Å². The fourth-order valence-electron chi connectivity index (χ4n) is 1.77. The fourth-order valence-corrected chi connectivity index (χ4v) is 1.77. The van der Waals surface area contributed by atoms with Crippen molar-refractivity contribution in [1.29, 1.82) is 0 Å². The molecule has 5 heteroatoms. The summed E-state index contributed by atoms with van der Waals surface area (Å²) < 4.78 is 0. The lowest BCUT2D eigenvalue weighted by Gasteiger charge is -2.00. The summed E-state index contributed by atoms with van der Waals surface area (Å²) in [4.78, 5) is 22.3. The zero-order valence-corrected chi connectivity index (χ0v) is 9.90. The third-order valence-electron chi connectivity index (χ3n) is 2.47. The van der Waals surface area contributed by atoms with E-state index < -0.39 is 5.97 Å². The maximum absolute atomic E-state index is 10.9. The molecule has 0 radical (unpaired) electrons. The number of aryl methyl sites for hydroxylation is 3. The zero-order chi connectivity index (χ0) is 12.6. The van der Waals surface area contributed by atoms with Crippen molar-refractivity contribution in [2.45, 2.75) is 20.8 Å². The van der Waals surface area contributed by atoms with Crippen LogP contribution in [0, 0.1) is 20.8 Å². The van der Waals surface area contributed by atoms with Crippen LogP contribution >= 0.6 is 0 Å². The molecule has 17 heavy (non-hydrogen) atoms. The van der Waals surface area contributed by atoms with Crippen LogP contribution in [0.25, 0.3) is 11.4 Å². The molecule has 0 amide bonds. The lowest BCUT2D eigenvalue weighted by atomic mass is 10.2. The van der Waals surface area contributed by atoms with Gasteiger partial charge in [0.15, 0.2) is 0 Å². The molecule has 5 nitrogen and oxygen atoms in total. The van der Waals surface area contributed by atoms with Gasteiger partial charge in [0.2, 0.25) is 0 Å². The molecule has 0 bridgehead atoms. The number of nitrogens with zero attached hydrogens (tertiary/aromatic N) is 2. The first-order valence-corrected chi connectivity index (χ1v) is 5.23. The van der Waals surface area contributed by atoms with Crippen LogP contribution in [-0.2, 0) is 0 Å². The van der Waals surface area contributed by atoms with Crippen molar-refractivity contribution in [1.82, 2.24) is 15.0 Å². The van der Waals surface area contributed by atoms with Crippen LogP contribution in [-0.4, -0.2) is 26.0 Å². The molecule has 0 spiro atoms. The minimum absolute atomic E-state index is 0.203. The van der Waals surface area contributed by atoms with Gasteiger partial charge in [-0.2, -0.15) is 0 Å². The Hall–Kier alpha value is -2.17. The Morgan fingerprint density at radius 3 is 2.47 bits per heavy atom. The summed E-state index contributed by atoms with van der Waals surface area (Å²) >= 11 is 0. The molecular formula is C12H13N3O2.